The molecule has 0 saturated carbocycles. The fourth-order valence-corrected chi connectivity index (χ4v) is 1.81. The molecule has 1 amide bonds. The molecule has 104 valence electrons. The first-order valence-electron chi connectivity index (χ1n) is 5.44. The van der Waals surface area contributed by atoms with Crippen LogP contribution in [0.5, 0.6) is 5.75 Å². The molecule has 0 radical (unpaired) electrons. The van der Waals surface area contributed by atoms with Gasteiger partial charge in [0.15, 0.2) is 11.0 Å². The molecule has 0 fully saturated rings. The molecule has 0 saturated heterocycles. The standard InChI is InChI=1S/C12H10Cl2N4O2/c1-20-7-4-2-3-6(9(7)15)12(19)18-11-8(13)10(14)16-5-17-11/h2-5H,15H2,1H3,(H,16,17,18,19). The summed E-state index contributed by atoms with van der Waals surface area (Å²) in [5.41, 5.74) is 6.31. The van der Waals surface area contributed by atoms with Crippen LogP contribution >= 0.6 is 23.2 Å². The number of carbonyl (C=O) groups excluding carboxylic acids is 1. The van der Waals surface area contributed by atoms with E-state index in [0.717, 1.165) is 0 Å². The number of methoxy groups -OCH3 is 1. The zero-order valence-corrected chi connectivity index (χ0v) is 11.9. The number of amides is 1. The molecule has 3 N–H and O–H groups in total. The van der Waals surface area contributed by atoms with Gasteiger partial charge in [0, 0.05) is 0 Å². The Morgan fingerprint density at radius 3 is 2.80 bits per heavy atom. The van der Waals surface area contributed by atoms with E-state index in [-0.39, 0.29) is 27.2 Å². The fourth-order valence-electron chi connectivity index (χ4n) is 1.53. The molecule has 1 aromatic heterocycles. The average molecular weight is 313 g/mol. The Bertz CT molecular complexity index is 664. The molecule has 0 bridgehead atoms. The summed E-state index contributed by atoms with van der Waals surface area (Å²) in [5, 5.41) is 2.63. The number of benzene rings is 1. The average Bonchev–Trinajstić information content (AvgIpc) is 2.44. The van der Waals surface area contributed by atoms with Gasteiger partial charge < -0.3 is 15.8 Å². The van der Waals surface area contributed by atoms with E-state index in [4.69, 9.17) is 33.7 Å². The first-order valence-corrected chi connectivity index (χ1v) is 6.20. The molecule has 8 heteroatoms. The predicted molar refractivity (Wildman–Crippen MR) is 77.4 cm³/mol. The topological polar surface area (TPSA) is 90.1 Å². The van der Waals surface area contributed by atoms with E-state index < -0.39 is 5.91 Å². The van der Waals surface area contributed by atoms with Crippen LogP contribution in [0.25, 0.3) is 0 Å². The first-order chi connectivity index (χ1) is 9.54. The van der Waals surface area contributed by atoms with E-state index >= 15 is 0 Å². The Hall–Kier alpha value is -2.05. The van der Waals surface area contributed by atoms with Crippen molar-refractivity contribution in [2.75, 3.05) is 18.2 Å². The number of nitrogen functional groups attached to an aromatic ring is 1. The highest BCUT2D eigenvalue weighted by Gasteiger charge is 2.16. The van der Waals surface area contributed by atoms with Gasteiger partial charge in [-0.1, -0.05) is 29.3 Å². The zero-order valence-electron chi connectivity index (χ0n) is 10.4. The van der Waals surface area contributed by atoms with Crippen molar-refractivity contribution >= 4 is 40.6 Å². The lowest BCUT2D eigenvalue weighted by Gasteiger charge is -2.10. The van der Waals surface area contributed by atoms with Crippen molar-refractivity contribution < 1.29 is 9.53 Å². The maximum absolute atomic E-state index is 12.2. The van der Waals surface area contributed by atoms with Crippen LogP contribution in [0, 0.1) is 0 Å². The van der Waals surface area contributed by atoms with E-state index in [0.29, 0.717) is 5.75 Å². The zero-order chi connectivity index (χ0) is 14.7. The van der Waals surface area contributed by atoms with Crippen LogP contribution in [-0.2, 0) is 0 Å². The van der Waals surface area contributed by atoms with E-state index in [2.05, 4.69) is 15.3 Å². The summed E-state index contributed by atoms with van der Waals surface area (Å²) in [6, 6.07) is 4.86. The Kier molecular flexibility index (Phi) is 4.26. The number of nitrogens with two attached hydrogens (primary N) is 1. The molecule has 0 aliphatic carbocycles. The maximum Gasteiger partial charge on any atom is 0.259 e. The number of halogens is 2. The summed E-state index contributed by atoms with van der Waals surface area (Å²) in [6.07, 6.45) is 1.19. The van der Waals surface area contributed by atoms with Gasteiger partial charge >= 0.3 is 0 Å². The minimum Gasteiger partial charge on any atom is -0.495 e. The van der Waals surface area contributed by atoms with Crippen molar-refractivity contribution in [2.24, 2.45) is 0 Å². The van der Waals surface area contributed by atoms with Crippen molar-refractivity contribution in [2.45, 2.75) is 0 Å². The SMILES string of the molecule is COc1cccc(C(=O)Nc2ncnc(Cl)c2Cl)c1N. The number of hydrogen-bond acceptors (Lipinski definition) is 5. The molecule has 0 atom stereocenters. The van der Waals surface area contributed by atoms with Gasteiger partial charge in [-0.15, -0.1) is 0 Å². The lowest BCUT2D eigenvalue weighted by molar-refractivity contribution is 0.102. The minimum absolute atomic E-state index is 0.0515. The quantitative estimate of drug-likeness (QED) is 0.671. The minimum atomic E-state index is -0.474. The number of para-hydroxylation sites is 1. The molecule has 0 aliphatic rings. The summed E-state index contributed by atoms with van der Waals surface area (Å²) in [5.74, 6) is 0.0430. The van der Waals surface area contributed by atoms with Crippen LogP contribution in [0.3, 0.4) is 0 Å². The second-order valence-corrected chi connectivity index (χ2v) is 4.44. The highest BCUT2D eigenvalue weighted by molar-refractivity contribution is 6.43. The van der Waals surface area contributed by atoms with Gasteiger partial charge in [-0.25, -0.2) is 9.97 Å². The number of hydrogen-bond donors (Lipinski definition) is 2. The highest BCUT2D eigenvalue weighted by Crippen LogP contribution is 2.28. The van der Waals surface area contributed by atoms with Gasteiger partial charge in [-0.05, 0) is 12.1 Å². The molecule has 0 unspecified atom stereocenters. The molecule has 2 aromatic rings. The van der Waals surface area contributed by atoms with E-state index in [1.165, 1.54) is 13.4 Å². The number of aromatic nitrogens is 2. The Labute approximate surface area is 124 Å². The van der Waals surface area contributed by atoms with Crippen molar-refractivity contribution in [1.29, 1.82) is 0 Å². The van der Waals surface area contributed by atoms with Crippen molar-refractivity contribution in [3.05, 3.63) is 40.3 Å². The smallest absolute Gasteiger partial charge is 0.259 e. The maximum atomic E-state index is 12.2. The highest BCUT2D eigenvalue weighted by atomic mass is 35.5. The van der Waals surface area contributed by atoms with Crippen LogP contribution < -0.4 is 15.8 Å². The number of ether oxygens (including phenoxy) is 1. The van der Waals surface area contributed by atoms with Gasteiger partial charge in [0.1, 0.15) is 17.1 Å². The molecule has 6 nitrogen and oxygen atoms in total. The van der Waals surface area contributed by atoms with Crippen molar-refractivity contribution in [3.63, 3.8) is 0 Å². The van der Waals surface area contributed by atoms with Gasteiger partial charge in [-0.2, -0.15) is 0 Å². The fraction of sp³-hybridized carbons (Fsp3) is 0.0833. The van der Waals surface area contributed by atoms with Crippen LogP contribution in [0.2, 0.25) is 10.2 Å². The molecular weight excluding hydrogens is 303 g/mol. The largest absolute Gasteiger partial charge is 0.495 e. The van der Waals surface area contributed by atoms with Gasteiger partial charge in [0.25, 0.3) is 5.91 Å². The first kappa shape index (κ1) is 14.4. The molecule has 1 heterocycles. The molecule has 0 spiro atoms. The monoisotopic (exact) mass is 312 g/mol. The second-order valence-electron chi connectivity index (χ2n) is 3.70. The second kappa shape index (κ2) is 5.94. The third-order valence-corrected chi connectivity index (χ3v) is 3.25. The summed E-state index contributed by atoms with van der Waals surface area (Å²) in [6.45, 7) is 0. The normalized spacial score (nSPS) is 10.2. The molecule has 20 heavy (non-hydrogen) atoms. The number of nitrogens with zero attached hydrogens (tertiary/aromatic N) is 2. The third kappa shape index (κ3) is 2.76. The van der Waals surface area contributed by atoms with Crippen molar-refractivity contribution in [3.8, 4) is 5.75 Å². The summed E-state index contributed by atoms with van der Waals surface area (Å²) >= 11 is 11.6. The Balaban J connectivity index is 2.31. The van der Waals surface area contributed by atoms with Crippen molar-refractivity contribution in [1.82, 2.24) is 9.97 Å². The van der Waals surface area contributed by atoms with Gasteiger partial charge in [0.05, 0.1) is 18.4 Å². The van der Waals surface area contributed by atoms with E-state index in [1.54, 1.807) is 18.2 Å². The summed E-state index contributed by atoms with van der Waals surface area (Å²) in [7, 11) is 1.47. The van der Waals surface area contributed by atoms with Crippen LogP contribution in [0.15, 0.2) is 24.5 Å². The summed E-state index contributed by atoms with van der Waals surface area (Å²) in [4.78, 5) is 19.7. The van der Waals surface area contributed by atoms with E-state index in [1.807, 2.05) is 0 Å². The molecular formula is C12H10Cl2N4O2. The van der Waals surface area contributed by atoms with Crippen LogP contribution in [-0.4, -0.2) is 23.0 Å². The predicted octanol–water partition coefficient (Wildman–Crippen LogP) is 2.63. The lowest BCUT2D eigenvalue weighted by atomic mass is 10.1. The molecule has 0 aliphatic heterocycles. The number of carbonyl (C=O) groups is 1. The van der Waals surface area contributed by atoms with Gasteiger partial charge in [0.2, 0.25) is 0 Å². The van der Waals surface area contributed by atoms with Gasteiger partial charge in [-0.3, -0.25) is 4.79 Å². The Morgan fingerprint density at radius 1 is 1.35 bits per heavy atom. The third-order valence-electron chi connectivity index (χ3n) is 2.51. The number of rotatable bonds is 3. The lowest BCUT2D eigenvalue weighted by Crippen LogP contribution is -2.15. The number of nitrogens with one attached hydrogen (secondary N) is 1. The molecule has 2 rings (SSSR count). The Morgan fingerprint density at radius 2 is 2.10 bits per heavy atom. The number of anilines is 2. The summed E-state index contributed by atoms with van der Waals surface area (Å²) < 4.78 is 5.05. The van der Waals surface area contributed by atoms with Crippen LogP contribution in [0.4, 0.5) is 11.5 Å². The van der Waals surface area contributed by atoms with E-state index in [9.17, 15) is 4.79 Å². The molecule has 1 aromatic carbocycles. The van der Waals surface area contributed by atoms with Crippen LogP contribution in [0.1, 0.15) is 10.4 Å².